The van der Waals surface area contributed by atoms with Crippen LogP contribution in [0.5, 0.6) is 5.75 Å². The summed E-state index contributed by atoms with van der Waals surface area (Å²) in [5.41, 5.74) is 2.37. The summed E-state index contributed by atoms with van der Waals surface area (Å²) >= 11 is 1.04. The SMILES string of the molecule is [2H]P([B][3H])SOc1ccc2c(c1)CCC1C2[C@H](O)CC2(C)C1CCC21OCCO1. The van der Waals surface area contributed by atoms with E-state index in [0.29, 0.717) is 25.0 Å². The highest BCUT2D eigenvalue weighted by Gasteiger charge is 2.66. The second-order valence-corrected chi connectivity index (χ2v) is 10.2. The number of aliphatic hydroxyl groups is 1. The van der Waals surface area contributed by atoms with Gasteiger partial charge in [-0.1, -0.05) is 20.6 Å². The van der Waals surface area contributed by atoms with Crippen molar-refractivity contribution in [2.24, 2.45) is 17.3 Å². The molecule has 5 rings (SSSR count). The van der Waals surface area contributed by atoms with E-state index in [9.17, 15) is 5.11 Å². The maximum Gasteiger partial charge on any atom is 0.174 e. The molecule has 4 nitrogen and oxygen atoms in total. The van der Waals surface area contributed by atoms with E-state index < -0.39 is 19.5 Å². The third-order valence-electron chi connectivity index (χ3n) is 7.65. The first-order valence-electron chi connectivity index (χ1n) is 10.9. The van der Waals surface area contributed by atoms with Crippen molar-refractivity contribution in [1.82, 2.24) is 0 Å². The molecule has 5 unspecified atom stereocenters. The molecule has 7 heteroatoms. The lowest BCUT2D eigenvalue weighted by atomic mass is 9.53. The Kier molecular flexibility index (Phi) is 4.23. The van der Waals surface area contributed by atoms with Crippen molar-refractivity contribution in [1.29, 1.82) is 2.61 Å². The standard InChI is InChI=1S/C20H27BO4PS/c1-19-11-17(22)18-14-5-3-13(25-27-26-21)10-12(14)2-4-15(18)16(19)6-7-20(19)23-8-9-24-20/h3,5,10,15-18,21-22,26H,2,4,6-9,11H2,1H3/t15?,16?,17-,18?,19?,26?/m1/s1/i21T,26D. The number of hydrogen-bond acceptors (Lipinski definition) is 5. The Morgan fingerprint density at radius 3 is 3.11 bits per heavy atom. The third-order valence-corrected chi connectivity index (χ3v) is 8.48. The Morgan fingerprint density at radius 2 is 2.30 bits per heavy atom. The second kappa shape index (κ2) is 6.92. The number of ether oxygens (including phenoxy) is 2. The van der Waals surface area contributed by atoms with E-state index in [-0.39, 0.29) is 11.3 Å². The first kappa shape index (κ1) is 16.5. The first-order chi connectivity index (χ1) is 14.0. The van der Waals surface area contributed by atoms with Crippen molar-refractivity contribution in [3.63, 3.8) is 0 Å². The van der Waals surface area contributed by atoms with Gasteiger partial charge in [-0.25, -0.2) is 0 Å². The minimum absolute atomic E-state index is 0.126. The molecule has 27 heavy (non-hydrogen) atoms. The molecule has 0 amide bonds. The minimum Gasteiger partial charge on any atom is -0.423 e. The number of rotatable bonds is 4. The van der Waals surface area contributed by atoms with E-state index in [4.69, 9.17) is 16.3 Å². The number of fused-ring (bicyclic) bond motifs is 6. The highest BCUT2D eigenvalue weighted by atomic mass is 32.7. The Morgan fingerprint density at radius 1 is 1.44 bits per heavy atom. The number of aliphatic hydroxyl groups excluding tert-OH is 1. The van der Waals surface area contributed by atoms with Crippen LogP contribution >= 0.6 is 19.3 Å². The quantitative estimate of drug-likeness (QED) is 0.468. The summed E-state index contributed by atoms with van der Waals surface area (Å²) in [5, 5.41) is 11.3. The van der Waals surface area contributed by atoms with Crippen molar-refractivity contribution in [2.75, 3.05) is 13.2 Å². The van der Waals surface area contributed by atoms with E-state index in [1.807, 2.05) is 6.07 Å². The summed E-state index contributed by atoms with van der Waals surface area (Å²) in [6.07, 6.45) is 4.40. The number of benzene rings is 1. The van der Waals surface area contributed by atoms with Gasteiger partial charge in [0.2, 0.25) is 0 Å². The largest absolute Gasteiger partial charge is 0.423 e. The fraction of sp³-hybridized carbons (Fsp3) is 0.700. The first-order valence-corrected chi connectivity index (χ1v) is 12.2. The third kappa shape index (κ3) is 2.74. The summed E-state index contributed by atoms with van der Waals surface area (Å²) in [6.45, 7) is 3.60. The molecule has 3 aliphatic carbocycles. The van der Waals surface area contributed by atoms with Crippen LogP contribution in [-0.2, 0) is 15.9 Å². The minimum atomic E-state index is -1.33. The van der Waals surface area contributed by atoms with Gasteiger partial charge < -0.3 is 18.8 Å². The van der Waals surface area contributed by atoms with Gasteiger partial charge in [0.25, 0.3) is 0 Å². The molecule has 2 saturated carbocycles. The van der Waals surface area contributed by atoms with Gasteiger partial charge in [0.05, 0.1) is 32.3 Å². The molecule has 0 bridgehead atoms. The second-order valence-electron chi connectivity index (χ2n) is 8.64. The summed E-state index contributed by atoms with van der Waals surface area (Å²) in [7, 11) is -0.215. The van der Waals surface area contributed by atoms with Gasteiger partial charge in [-0.05, 0) is 62.1 Å². The molecule has 3 fully saturated rings. The van der Waals surface area contributed by atoms with Gasteiger partial charge in [0, 0.05) is 17.8 Å². The van der Waals surface area contributed by atoms with Crippen LogP contribution in [0, 0.1) is 17.3 Å². The molecule has 1 radical (unpaired) electrons. The molecule has 1 N–H and O–H groups in total. The van der Waals surface area contributed by atoms with Crippen LogP contribution in [0.25, 0.3) is 0 Å². The summed E-state index contributed by atoms with van der Waals surface area (Å²) in [4.78, 5) is 0. The van der Waals surface area contributed by atoms with Gasteiger partial charge in [-0.15, -0.1) is 0 Å². The van der Waals surface area contributed by atoms with Crippen molar-refractivity contribution >= 4 is 26.8 Å². The molecular formula is C20H27BO4PS. The molecule has 6 atom stereocenters. The molecule has 4 aliphatic rings. The van der Waals surface area contributed by atoms with E-state index in [1.54, 1.807) is 0 Å². The zero-order chi connectivity index (χ0) is 20.2. The molecule has 0 aromatic heterocycles. The smallest absolute Gasteiger partial charge is 0.174 e. The van der Waals surface area contributed by atoms with Crippen LogP contribution in [0.15, 0.2) is 18.2 Å². The van der Waals surface area contributed by atoms with Crippen LogP contribution in [0.2, 0.25) is 0 Å². The van der Waals surface area contributed by atoms with Gasteiger partial charge >= 0.3 is 0 Å². The van der Waals surface area contributed by atoms with Crippen molar-refractivity contribution in [2.45, 2.75) is 56.8 Å². The van der Waals surface area contributed by atoms with Crippen LogP contribution < -0.4 is 4.18 Å². The summed E-state index contributed by atoms with van der Waals surface area (Å²) in [5.74, 6) is 1.35. The highest BCUT2D eigenvalue weighted by Crippen LogP contribution is 2.66. The molecule has 1 heterocycles. The Hall–Kier alpha value is -0.255. The molecule has 1 spiro atoms. The zero-order valence-corrected chi connectivity index (χ0v) is 17.3. The van der Waals surface area contributed by atoms with Crippen molar-refractivity contribution in [3.8, 4) is 5.75 Å². The Bertz CT molecular complexity index is 783. The van der Waals surface area contributed by atoms with E-state index in [0.717, 1.165) is 57.0 Å². The zero-order valence-electron chi connectivity index (χ0n) is 17.6. The lowest BCUT2D eigenvalue weighted by Crippen LogP contribution is -2.55. The average molecular weight is 408 g/mol. The fourth-order valence-corrected chi connectivity index (χ4v) is 7.25. The monoisotopic (exact) mass is 408 g/mol. The predicted octanol–water partition coefficient (Wildman–Crippen LogP) is 3.69. The van der Waals surface area contributed by atoms with Crippen LogP contribution in [0.3, 0.4) is 0 Å². The number of hydrogen-bond donors (Lipinski definition) is 1. The molecule has 1 aliphatic heterocycles. The van der Waals surface area contributed by atoms with E-state index in [2.05, 4.69) is 19.1 Å². The lowest BCUT2D eigenvalue weighted by molar-refractivity contribution is -0.246. The molecule has 1 aromatic carbocycles. The van der Waals surface area contributed by atoms with Crippen molar-refractivity contribution < 1.29 is 18.8 Å². The summed E-state index contributed by atoms with van der Waals surface area (Å²) < 4.78 is 32.8. The van der Waals surface area contributed by atoms with Gasteiger partial charge in [-0.2, -0.15) is 0 Å². The molecular weight excluding hydrogens is 378 g/mol. The average Bonchev–Trinajstić information content (AvgIpc) is 3.31. The molecule has 145 valence electrons. The molecule has 1 aromatic rings. The topological polar surface area (TPSA) is 47.9 Å². The normalized spacial score (nSPS) is 41.1. The maximum absolute atomic E-state index is 11.3. The van der Waals surface area contributed by atoms with Crippen LogP contribution in [-0.4, -0.2) is 40.4 Å². The van der Waals surface area contributed by atoms with Gasteiger partial charge in [0.15, 0.2) is 5.79 Å². The van der Waals surface area contributed by atoms with Gasteiger partial charge in [-0.3, -0.25) is 0 Å². The van der Waals surface area contributed by atoms with Gasteiger partial charge in [0.1, 0.15) is 13.3 Å². The number of aryl methyl sites for hydroxylation is 1. The Labute approximate surface area is 170 Å². The Balaban J connectivity index is 1.40. The van der Waals surface area contributed by atoms with E-state index in [1.165, 1.54) is 11.1 Å². The maximum atomic E-state index is 11.3. The lowest BCUT2D eigenvalue weighted by Gasteiger charge is -2.54. The van der Waals surface area contributed by atoms with E-state index >= 15 is 0 Å². The predicted molar refractivity (Wildman–Crippen MR) is 111 cm³/mol. The summed E-state index contributed by atoms with van der Waals surface area (Å²) in [6, 6.07) is 6.12. The van der Waals surface area contributed by atoms with Crippen LogP contribution in [0.1, 0.15) is 49.7 Å². The van der Waals surface area contributed by atoms with Crippen molar-refractivity contribution in [3.05, 3.63) is 29.3 Å². The highest BCUT2D eigenvalue weighted by molar-refractivity contribution is 8.53. The van der Waals surface area contributed by atoms with Crippen LogP contribution in [0.4, 0.5) is 0 Å². The fourth-order valence-electron chi connectivity index (χ4n) is 6.63. The molecule has 1 saturated heterocycles.